The summed E-state index contributed by atoms with van der Waals surface area (Å²) in [6, 6.07) is 7.52. The van der Waals surface area contributed by atoms with E-state index in [1.807, 2.05) is 36.1 Å². The van der Waals surface area contributed by atoms with Crippen molar-refractivity contribution >= 4 is 33.8 Å². The Bertz CT molecular complexity index is 1110. The molecule has 0 N–H and O–H groups in total. The highest BCUT2D eigenvalue weighted by molar-refractivity contribution is 7.16. The molecule has 0 spiro atoms. The quantitative estimate of drug-likeness (QED) is 0.650. The lowest BCUT2D eigenvalue weighted by Gasteiger charge is -2.22. The third-order valence-corrected chi connectivity index (χ3v) is 6.70. The van der Waals surface area contributed by atoms with E-state index in [1.54, 1.807) is 6.92 Å². The second-order valence-corrected chi connectivity index (χ2v) is 8.49. The van der Waals surface area contributed by atoms with E-state index in [-0.39, 0.29) is 17.5 Å². The van der Waals surface area contributed by atoms with E-state index in [0.717, 1.165) is 29.1 Å². The third kappa shape index (κ3) is 3.44. The fraction of sp³-hybridized carbons (Fsp3) is 0.400. The van der Waals surface area contributed by atoms with Crippen molar-refractivity contribution in [2.45, 2.75) is 45.6 Å². The van der Waals surface area contributed by atoms with Crippen molar-refractivity contribution < 1.29 is 4.79 Å². The predicted octanol–water partition coefficient (Wildman–Crippen LogP) is 3.72. The fourth-order valence-corrected chi connectivity index (χ4v) is 4.90. The number of carbonyl (C=O) groups is 1. The maximum Gasteiger partial charge on any atom is 0.278 e. The van der Waals surface area contributed by atoms with Crippen molar-refractivity contribution in [1.82, 2.24) is 19.5 Å². The first-order chi connectivity index (χ1) is 13.5. The average molecular weight is 417 g/mol. The Hall–Kier alpha value is -2.25. The molecule has 1 atom stereocenters. The molecule has 0 radical (unpaired) electrons. The Balaban J connectivity index is 1.56. The lowest BCUT2D eigenvalue weighted by atomic mass is 10.1. The molecule has 4 rings (SSSR count). The highest BCUT2D eigenvalue weighted by Crippen LogP contribution is 2.34. The van der Waals surface area contributed by atoms with E-state index >= 15 is 0 Å². The predicted molar refractivity (Wildman–Crippen MR) is 110 cm³/mol. The average Bonchev–Trinajstić information content (AvgIpc) is 3.32. The molecule has 1 amide bonds. The van der Waals surface area contributed by atoms with Crippen LogP contribution in [0.4, 0.5) is 0 Å². The smallest absolute Gasteiger partial charge is 0.278 e. The molecule has 1 saturated heterocycles. The van der Waals surface area contributed by atoms with Crippen molar-refractivity contribution in [2.24, 2.45) is 0 Å². The molecule has 8 heteroatoms. The zero-order valence-corrected chi connectivity index (χ0v) is 17.4. The van der Waals surface area contributed by atoms with Gasteiger partial charge in [0.25, 0.3) is 5.56 Å². The zero-order chi connectivity index (χ0) is 19.8. The van der Waals surface area contributed by atoms with Gasteiger partial charge < -0.3 is 4.90 Å². The number of hydrogen-bond acceptors (Lipinski definition) is 5. The summed E-state index contributed by atoms with van der Waals surface area (Å²) in [5.74, 6) is 0.0920. The second-order valence-electron chi connectivity index (χ2n) is 7.10. The van der Waals surface area contributed by atoms with E-state index < -0.39 is 0 Å². The van der Waals surface area contributed by atoms with Crippen molar-refractivity contribution in [2.75, 3.05) is 6.54 Å². The van der Waals surface area contributed by atoms with Crippen LogP contribution in [0.25, 0.3) is 4.96 Å². The van der Waals surface area contributed by atoms with Gasteiger partial charge in [-0.25, -0.2) is 4.98 Å². The molecule has 0 unspecified atom stereocenters. The SMILES string of the molecule is Cc1nc2sc([C@H]3CCCN3C(=O)CCc3ccccc3Cl)nn2c(=O)c1C. The first-order valence-corrected chi connectivity index (χ1v) is 10.5. The van der Waals surface area contributed by atoms with Gasteiger partial charge in [0.15, 0.2) is 0 Å². The van der Waals surface area contributed by atoms with Crippen LogP contribution in [0.5, 0.6) is 0 Å². The number of rotatable bonds is 4. The number of aryl methyl sites for hydroxylation is 2. The Morgan fingerprint density at radius 3 is 2.89 bits per heavy atom. The van der Waals surface area contributed by atoms with Gasteiger partial charge >= 0.3 is 0 Å². The van der Waals surface area contributed by atoms with Gasteiger partial charge in [0, 0.05) is 29.2 Å². The standard InChI is InChI=1S/C20H21ClN4O2S/c1-12-13(2)22-20-25(19(12)27)23-18(28-20)16-8-5-11-24(16)17(26)10-9-14-6-3-4-7-15(14)21/h3-4,6-7,16H,5,8-11H2,1-2H3/t16-/m1/s1. The minimum atomic E-state index is -0.139. The van der Waals surface area contributed by atoms with Crippen LogP contribution in [0, 0.1) is 13.8 Å². The molecule has 0 saturated carbocycles. The number of nitrogens with zero attached hydrogens (tertiary/aromatic N) is 4. The molecule has 1 aliphatic rings. The van der Waals surface area contributed by atoms with Crippen LogP contribution < -0.4 is 5.56 Å². The zero-order valence-electron chi connectivity index (χ0n) is 15.8. The van der Waals surface area contributed by atoms with E-state index in [1.165, 1.54) is 15.9 Å². The van der Waals surface area contributed by atoms with Gasteiger partial charge in [-0.15, -0.1) is 0 Å². The van der Waals surface area contributed by atoms with Crippen LogP contribution in [0.1, 0.15) is 47.1 Å². The second kappa shape index (κ2) is 7.64. The van der Waals surface area contributed by atoms with Crippen LogP contribution in [0.15, 0.2) is 29.1 Å². The summed E-state index contributed by atoms with van der Waals surface area (Å²) in [6.45, 7) is 4.30. The Kier molecular flexibility index (Phi) is 5.21. The Morgan fingerprint density at radius 1 is 1.32 bits per heavy atom. The summed E-state index contributed by atoms with van der Waals surface area (Å²) >= 11 is 7.60. The summed E-state index contributed by atoms with van der Waals surface area (Å²) in [5, 5.41) is 5.97. The van der Waals surface area contributed by atoms with Crippen molar-refractivity contribution in [3.63, 3.8) is 0 Å². The first-order valence-electron chi connectivity index (χ1n) is 9.35. The van der Waals surface area contributed by atoms with Crippen molar-refractivity contribution in [3.05, 3.63) is 61.5 Å². The van der Waals surface area contributed by atoms with Gasteiger partial charge in [-0.3, -0.25) is 9.59 Å². The normalized spacial score (nSPS) is 16.8. The van der Waals surface area contributed by atoms with Crippen LogP contribution in [0.2, 0.25) is 5.02 Å². The molecule has 146 valence electrons. The number of aromatic nitrogens is 3. The van der Waals surface area contributed by atoms with Gasteiger partial charge in [0.05, 0.1) is 6.04 Å². The van der Waals surface area contributed by atoms with Crippen molar-refractivity contribution in [3.8, 4) is 0 Å². The summed E-state index contributed by atoms with van der Waals surface area (Å²) in [5.41, 5.74) is 2.17. The lowest BCUT2D eigenvalue weighted by Crippen LogP contribution is -2.31. The maximum absolute atomic E-state index is 12.9. The minimum absolute atomic E-state index is 0.0920. The number of carbonyl (C=O) groups excluding carboxylic acids is 1. The minimum Gasteiger partial charge on any atom is -0.333 e. The Labute approximate surface area is 171 Å². The van der Waals surface area contributed by atoms with Crippen LogP contribution in [-0.4, -0.2) is 31.9 Å². The first kappa shape index (κ1) is 19.1. The molecule has 1 aromatic carbocycles. The summed E-state index contributed by atoms with van der Waals surface area (Å²) in [6.07, 6.45) is 2.80. The summed E-state index contributed by atoms with van der Waals surface area (Å²) in [4.78, 5) is 32.3. The monoisotopic (exact) mass is 416 g/mol. The van der Waals surface area contributed by atoms with E-state index in [2.05, 4.69) is 10.1 Å². The molecule has 6 nitrogen and oxygen atoms in total. The topological polar surface area (TPSA) is 67.6 Å². The molecule has 3 aromatic rings. The number of hydrogen-bond donors (Lipinski definition) is 0. The third-order valence-electron chi connectivity index (χ3n) is 5.32. The van der Waals surface area contributed by atoms with E-state index in [0.29, 0.717) is 34.9 Å². The number of likely N-dealkylation sites (tertiary alicyclic amines) is 1. The van der Waals surface area contributed by atoms with Gasteiger partial charge in [0.1, 0.15) is 5.01 Å². The molecule has 0 bridgehead atoms. The van der Waals surface area contributed by atoms with Gasteiger partial charge in [0.2, 0.25) is 10.9 Å². The highest BCUT2D eigenvalue weighted by atomic mass is 35.5. The highest BCUT2D eigenvalue weighted by Gasteiger charge is 2.32. The largest absolute Gasteiger partial charge is 0.333 e. The molecular formula is C20H21ClN4O2S. The number of amides is 1. The van der Waals surface area contributed by atoms with E-state index in [4.69, 9.17) is 11.6 Å². The lowest BCUT2D eigenvalue weighted by molar-refractivity contribution is -0.132. The number of fused-ring (bicyclic) bond motifs is 1. The number of halogens is 1. The maximum atomic E-state index is 12.9. The van der Waals surface area contributed by atoms with Gasteiger partial charge in [-0.05, 0) is 44.7 Å². The van der Waals surface area contributed by atoms with Crippen LogP contribution in [-0.2, 0) is 11.2 Å². The van der Waals surface area contributed by atoms with Crippen molar-refractivity contribution in [1.29, 1.82) is 0 Å². The van der Waals surface area contributed by atoms with Crippen LogP contribution in [0.3, 0.4) is 0 Å². The fourth-order valence-electron chi connectivity index (χ4n) is 3.58. The molecule has 2 aromatic heterocycles. The molecule has 3 heterocycles. The Morgan fingerprint density at radius 2 is 2.11 bits per heavy atom. The molecular weight excluding hydrogens is 396 g/mol. The number of benzene rings is 1. The summed E-state index contributed by atoms with van der Waals surface area (Å²) < 4.78 is 1.37. The molecule has 28 heavy (non-hydrogen) atoms. The molecule has 1 aliphatic heterocycles. The molecule has 0 aliphatic carbocycles. The summed E-state index contributed by atoms with van der Waals surface area (Å²) in [7, 11) is 0. The van der Waals surface area contributed by atoms with E-state index in [9.17, 15) is 9.59 Å². The van der Waals surface area contributed by atoms with Gasteiger partial charge in [-0.2, -0.15) is 9.61 Å². The molecule has 1 fully saturated rings. The van der Waals surface area contributed by atoms with Gasteiger partial charge in [-0.1, -0.05) is 41.1 Å². The van der Waals surface area contributed by atoms with Crippen LogP contribution >= 0.6 is 22.9 Å².